The molecule has 21 heavy (non-hydrogen) atoms. The molecule has 3 atom stereocenters. The van der Waals surface area contributed by atoms with Crippen molar-refractivity contribution in [2.75, 3.05) is 11.9 Å². The molecule has 0 radical (unpaired) electrons. The third kappa shape index (κ3) is 3.05. The second-order valence-electron chi connectivity index (χ2n) is 6.38. The van der Waals surface area contributed by atoms with E-state index in [9.17, 15) is 4.79 Å². The molecule has 1 aliphatic heterocycles. The molecule has 114 valence electrons. The van der Waals surface area contributed by atoms with Gasteiger partial charge in [0.15, 0.2) is 0 Å². The standard InChI is InChI=1S/C17H24N2O2/c1-11-10-12(17(20)21)7-8-14(11)19-16-5-2-4-13(16)15-6-3-9-18-15/h7-8,10,13,15-16,18-19H,2-6,9H2,1H3,(H,20,21). The van der Waals surface area contributed by atoms with Crippen LogP contribution in [0.1, 0.15) is 48.0 Å². The molecule has 2 aliphatic rings. The molecule has 1 aliphatic carbocycles. The largest absolute Gasteiger partial charge is 0.478 e. The van der Waals surface area contributed by atoms with Gasteiger partial charge in [0, 0.05) is 17.8 Å². The van der Waals surface area contributed by atoms with E-state index in [-0.39, 0.29) is 0 Å². The van der Waals surface area contributed by atoms with Crippen molar-refractivity contribution in [3.8, 4) is 0 Å². The van der Waals surface area contributed by atoms with Gasteiger partial charge in [-0.15, -0.1) is 0 Å². The Morgan fingerprint density at radius 2 is 2.14 bits per heavy atom. The molecule has 1 aromatic rings. The molecule has 1 saturated heterocycles. The lowest BCUT2D eigenvalue weighted by molar-refractivity contribution is 0.0697. The number of carboxylic acid groups (broad SMARTS) is 1. The van der Waals surface area contributed by atoms with Crippen LogP contribution >= 0.6 is 0 Å². The van der Waals surface area contributed by atoms with Crippen molar-refractivity contribution < 1.29 is 9.90 Å². The molecular formula is C17H24N2O2. The summed E-state index contributed by atoms with van der Waals surface area (Å²) >= 11 is 0. The highest BCUT2D eigenvalue weighted by Gasteiger charge is 2.35. The summed E-state index contributed by atoms with van der Waals surface area (Å²) in [5.74, 6) is -0.162. The van der Waals surface area contributed by atoms with E-state index in [0.29, 0.717) is 23.6 Å². The van der Waals surface area contributed by atoms with Gasteiger partial charge < -0.3 is 15.7 Å². The van der Waals surface area contributed by atoms with E-state index in [0.717, 1.165) is 17.8 Å². The zero-order valence-corrected chi connectivity index (χ0v) is 12.6. The molecule has 0 spiro atoms. The van der Waals surface area contributed by atoms with Gasteiger partial charge in [0.05, 0.1) is 5.56 Å². The summed E-state index contributed by atoms with van der Waals surface area (Å²) < 4.78 is 0. The zero-order valence-electron chi connectivity index (χ0n) is 12.6. The van der Waals surface area contributed by atoms with E-state index < -0.39 is 5.97 Å². The molecule has 2 fully saturated rings. The summed E-state index contributed by atoms with van der Waals surface area (Å²) in [4.78, 5) is 11.0. The van der Waals surface area contributed by atoms with Gasteiger partial charge in [-0.25, -0.2) is 4.79 Å². The van der Waals surface area contributed by atoms with Crippen LogP contribution in [-0.2, 0) is 0 Å². The van der Waals surface area contributed by atoms with Gasteiger partial charge in [0.2, 0.25) is 0 Å². The van der Waals surface area contributed by atoms with Crippen LogP contribution in [0, 0.1) is 12.8 Å². The molecule has 4 nitrogen and oxygen atoms in total. The minimum atomic E-state index is -0.862. The Morgan fingerprint density at radius 1 is 1.29 bits per heavy atom. The lowest BCUT2D eigenvalue weighted by atomic mass is 9.92. The summed E-state index contributed by atoms with van der Waals surface area (Å²) in [5, 5.41) is 16.3. The number of hydrogen-bond donors (Lipinski definition) is 3. The number of aryl methyl sites for hydroxylation is 1. The van der Waals surface area contributed by atoms with Crippen LogP contribution in [0.25, 0.3) is 0 Å². The van der Waals surface area contributed by atoms with Crippen molar-refractivity contribution in [3.05, 3.63) is 29.3 Å². The molecule has 0 bridgehead atoms. The minimum absolute atomic E-state index is 0.360. The highest BCUT2D eigenvalue weighted by molar-refractivity contribution is 5.88. The predicted octanol–water partition coefficient (Wildman–Crippen LogP) is 3.03. The van der Waals surface area contributed by atoms with E-state index in [1.165, 1.54) is 32.1 Å². The van der Waals surface area contributed by atoms with E-state index >= 15 is 0 Å². The van der Waals surface area contributed by atoms with Crippen molar-refractivity contribution in [1.29, 1.82) is 0 Å². The van der Waals surface area contributed by atoms with Crippen molar-refractivity contribution in [1.82, 2.24) is 5.32 Å². The second kappa shape index (κ2) is 6.06. The first kappa shape index (κ1) is 14.4. The van der Waals surface area contributed by atoms with Crippen molar-refractivity contribution >= 4 is 11.7 Å². The van der Waals surface area contributed by atoms with Crippen LogP contribution in [0.2, 0.25) is 0 Å². The summed E-state index contributed by atoms with van der Waals surface area (Å²) in [5.41, 5.74) is 2.45. The van der Waals surface area contributed by atoms with Crippen LogP contribution in [-0.4, -0.2) is 29.7 Å². The monoisotopic (exact) mass is 288 g/mol. The molecule has 1 aromatic carbocycles. The van der Waals surface area contributed by atoms with Crippen molar-refractivity contribution in [2.45, 2.75) is 51.1 Å². The number of hydrogen-bond acceptors (Lipinski definition) is 3. The average molecular weight is 288 g/mol. The molecule has 3 rings (SSSR count). The first-order chi connectivity index (χ1) is 10.1. The smallest absolute Gasteiger partial charge is 0.335 e. The van der Waals surface area contributed by atoms with Crippen LogP contribution in [0.4, 0.5) is 5.69 Å². The molecule has 3 unspecified atom stereocenters. The van der Waals surface area contributed by atoms with E-state index in [1.54, 1.807) is 12.1 Å². The van der Waals surface area contributed by atoms with Gasteiger partial charge >= 0.3 is 5.97 Å². The number of rotatable bonds is 4. The Balaban J connectivity index is 1.71. The SMILES string of the molecule is Cc1cc(C(=O)O)ccc1NC1CCCC1C1CCCN1. The Hall–Kier alpha value is -1.55. The third-order valence-corrected chi connectivity index (χ3v) is 5.00. The maximum absolute atomic E-state index is 11.0. The van der Waals surface area contributed by atoms with Gasteiger partial charge in [0.1, 0.15) is 0 Å². The summed E-state index contributed by atoms with van der Waals surface area (Å²) in [6, 6.07) is 6.52. The van der Waals surface area contributed by atoms with E-state index in [1.807, 2.05) is 13.0 Å². The van der Waals surface area contributed by atoms with Crippen LogP contribution in [0.3, 0.4) is 0 Å². The van der Waals surface area contributed by atoms with Crippen LogP contribution in [0.15, 0.2) is 18.2 Å². The lowest BCUT2D eigenvalue weighted by Crippen LogP contribution is -2.38. The lowest BCUT2D eigenvalue weighted by Gasteiger charge is -2.28. The topological polar surface area (TPSA) is 61.4 Å². The summed E-state index contributed by atoms with van der Waals surface area (Å²) in [7, 11) is 0. The molecular weight excluding hydrogens is 264 g/mol. The van der Waals surface area contributed by atoms with Gasteiger partial charge in [0.25, 0.3) is 0 Å². The van der Waals surface area contributed by atoms with Gasteiger partial charge in [-0.3, -0.25) is 0 Å². The Bertz CT molecular complexity index is 524. The number of anilines is 1. The first-order valence-electron chi connectivity index (χ1n) is 7.99. The first-order valence-corrected chi connectivity index (χ1v) is 7.99. The zero-order chi connectivity index (χ0) is 14.8. The fourth-order valence-electron chi connectivity index (χ4n) is 3.88. The number of nitrogens with one attached hydrogen (secondary N) is 2. The normalized spacial score (nSPS) is 28.7. The number of carbonyl (C=O) groups is 1. The third-order valence-electron chi connectivity index (χ3n) is 5.00. The van der Waals surface area contributed by atoms with Crippen molar-refractivity contribution in [3.63, 3.8) is 0 Å². The highest BCUT2D eigenvalue weighted by atomic mass is 16.4. The fraction of sp³-hybridized carbons (Fsp3) is 0.588. The Labute approximate surface area is 125 Å². The number of benzene rings is 1. The number of carboxylic acids is 1. The van der Waals surface area contributed by atoms with E-state index in [2.05, 4.69) is 10.6 Å². The second-order valence-corrected chi connectivity index (χ2v) is 6.38. The van der Waals surface area contributed by atoms with Gasteiger partial charge in [-0.2, -0.15) is 0 Å². The number of aromatic carboxylic acids is 1. The summed E-state index contributed by atoms with van der Waals surface area (Å²) in [6.07, 6.45) is 6.37. The average Bonchev–Trinajstić information content (AvgIpc) is 3.11. The quantitative estimate of drug-likeness (QED) is 0.797. The molecule has 1 heterocycles. The Morgan fingerprint density at radius 3 is 2.81 bits per heavy atom. The maximum atomic E-state index is 11.0. The molecule has 1 saturated carbocycles. The summed E-state index contributed by atoms with van der Waals surface area (Å²) in [6.45, 7) is 3.13. The fourth-order valence-corrected chi connectivity index (χ4v) is 3.88. The van der Waals surface area contributed by atoms with Gasteiger partial charge in [-0.05, 0) is 68.8 Å². The molecule has 3 N–H and O–H groups in total. The Kier molecular flexibility index (Phi) is 4.15. The van der Waals surface area contributed by atoms with Crippen molar-refractivity contribution in [2.24, 2.45) is 5.92 Å². The molecule has 4 heteroatoms. The minimum Gasteiger partial charge on any atom is -0.478 e. The highest BCUT2D eigenvalue weighted by Crippen LogP contribution is 2.34. The van der Waals surface area contributed by atoms with Crippen LogP contribution < -0.4 is 10.6 Å². The molecule has 0 amide bonds. The molecule has 0 aromatic heterocycles. The van der Waals surface area contributed by atoms with Crippen LogP contribution in [0.5, 0.6) is 0 Å². The van der Waals surface area contributed by atoms with E-state index in [4.69, 9.17) is 5.11 Å². The predicted molar refractivity (Wildman–Crippen MR) is 83.9 cm³/mol. The maximum Gasteiger partial charge on any atom is 0.335 e. The van der Waals surface area contributed by atoms with Gasteiger partial charge in [-0.1, -0.05) is 6.42 Å².